The van der Waals surface area contributed by atoms with Gasteiger partial charge in [-0.15, -0.1) is 0 Å². The molecule has 1 saturated carbocycles. The van der Waals surface area contributed by atoms with E-state index >= 15 is 0 Å². The van der Waals surface area contributed by atoms with Gasteiger partial charge in [0.25, 0.3) is 0 Å². The van der Waals surface area contributed by atoms with Crippen molar-refractivity contribution in [3.05, 3.63) is 17.7 Å². The van der Waals surface area contributed by atoms with Crippen LogP contribution in [0.3, 0.4) is 0 Å². The van der Waals surface area contributed by atoms with Crippen molar-refractivity contribution in [3.63, 3.8) is 0 Å². The van der Waals surface area contributed by atoms with Gasteiger partial charge in [-0.3, -0.25) is 4.90 Å². The highest BCUT2D eigenvalue weighted by Gasteiger charge is 2.54. The summed E-state index contributed by atoms with van der Waals surface area (Å²) in [4.78, 5) is 2.25. The number of aliphatic hydroxyl groups is 1. The van der Waals surface area contributed by atoms with Gasteiger partial charge in [0.15, 0.2) is 11.5 Å². The van der Waals surface area contributed by atoms with Gasteiger partial charge in [0.2, 0.25) is 6.79 Å². The number of benzene rings is 1. The maximum Gasteiger partial charge on any atom is 0.231 e. The van der Waals surface area contributed by atoms with E-state index in [1.165, 1.54) is 0 Å². The Bertz CT molecular complexity index is 636. The Balaban J connectivity index is 1.75. The normalized spacial score (nSPS) is 35.1. The van der Waals surface area contributed by atoms with Gasteiger partial charge in [0, 0.05) is 37.2 Å². The highest BCUT2D eigenvalue weighted by atomic mass is 16.7. The first-order valence-electron chi connectivity index (χ1n) is 8.50. The fraction of sp³-hybridized carbons (Fsp3) is 0.667. The molecule has 132 valence electrons. The molecule has 3 aliphatic rings. The number of hydrogen-bond acceptors (Lipinski definition) is 6. The Morgan fingerprint density at radius 1 is 1.25 bits per heavy atom. The highest BCUT2D eigenvalue weighted by Crippen LogP contribution is 2.52. The van der Waals surface area contributed by atoms with E-state index in [0.717, 1.165) is 30.6 Å². The summed E-state index contributed by atoms with van der Waals surface area (Å²) in [6, 6.07) is 4.02. The van der Waals surface area contributed by atoms with Crippen LogP contribution in [0.25, 0.3) is 0 Å². The molecule has 1 aliphatic carbocycles. The minimum absolute atomic E-state index is 0.144. The minimum Gasteiger partial charge on any atom is -0.492 e. The summed E-state index contributed by atoms with van der Waals surface area (Å²) >= 11 is 0. The zero-order valence-electron chi connectivity index (χ0n) is 14.4. The second-order valence-electron chi connectivity index (χ2n) is 7.09. The molecule has 2 heterocycles. The van der Waals surface area contributed by atoms with E-state index in [2.05, 4.69) is 11.9 Å². The Morgan fingerprint density at radius 3 is 2.83 bits per heavy atom. The van der Waals surface area contributed by atoms with Gasteiger partial charge >= 0.3 is 0 Å². The molecule has 0 aromatic heterocycles. The molecule has 2 aliphatic heterocycles. The molecule has 0 amide bonds. The zero-order chi connectivity index (χ0) is 16.9. The average Bonchev–Trinajstić information content (AvgIpc) is 2.86. The molecular weight excluding hydrogens is 310 g/mol. The van der Waals surface area contributed by atoms with Crippen molar-refractivity contribution in [1.29, 1.82) is 0 Å². The standard InChI is InChI=1S/C18H25NO5/c1-19-9-18(20,13-5-4-11(21-2)7-15(13)19)14-6-12-8-16(17(14)22-3)24-10-23-12/h6,8,11,13,15,20H,4-5,7,9-10H2,1-3H3. The molecular formula is C18H25NO5. The van der Waals surface area contributed by atoms with Crippen LogP contribution in [0, 0.1) is 5.92 Å². The first-order chi connectivity index (χ1) is 11.6. The average molecular weight is 335 g/mol. The van der Waals surface area contributed by atoms with Crippen LogP contribution in [0.15, 0.2) is 12.1 Å². The lowest BCUT2D eigenvalue weighted by atomic mass is 9.73. The maximum absolute atomic E-state index is 11.7. The van der Waals surface area contributed by atoms with Crippen molar-refractivity contribution in [2.24, 2.45) is 5.92 Å². The van der Waals surface area contributed by atoms with Crippen LogP contribution in [0.1, 0.15) is 24.8 Å². The largest absolute Gasteiger partial charge is 0.492 e. The molecule has 2 fully saturated rings. The monoisotopic (exact) mass is 335 g/mol. The van der Waals surface area contributed by atoms with Crippen LogP contribution in [-0.2, 0) is 10.3 Å². The molecule has 0 spiro atoms. The molecule has 4 rings (SSSR count). The summed E-state index contributed by atoms with van der Waals surface area (Å²) < 4.78 is 22.2. The third kappa shape index (κ3) is 2.28. The number of hydrogen-bond donors (Lipinski definition) is 1. The molecule has 24 heavy (non-hydrogen) atoms. The predicted molar refractivity (Wildman–Crippen MR) is 87.6 cm³/mol. The number of fused-ring (bicyclic) bond motifs is 3. The van der Waals surface area contributed by atoms with E-state index in [9.17, 15) is 5.11 Å². The van der Waals surface area contributed by atoms with E-state index in [4.69, 9.17) is 18.9 Å². The molecule has 1 aromatic carbocycles. The Kier molecular flexibility index (Phi) is 3.86. The van der Waals surface area contributed by atoms with Gasteiger partial charge in [-0.25, -0.2) is 0 Å². The number of likely N-dealkylation sites (tertiary alicyclic amines) is 1. The zero-order valence-corrected chi connectivity index (χ0v) is 14.4. The smallest absolute Gasteiger partial charge is 0.231 e. The fourth-order valence-electron chi connectivity index (χ4n) is 4.73. The van der Waals surface area contributed by atoms with Crippen LogP contribution >= 0.6 is 0 Å². The lowest BCUT2D eigenvalue weighted by Gasteiger charge is -2.39. The lowest BCUT2D eigenvalue weighted by Crippen LogP contribution is -2.42. The van der Waals surface area contributed by atoms with Crippen molar-refractivity contribution < 1.29 is 24.1 Å². The summed E-state index contributed by atoms with van der Waals surface area (Å²) in [6.07, 6.45) is 3.11. The summed E-state index contributed by atoms with van der Waals surface area (Å²) in [5.41, 5.74) is -0.203. The number of methoxy groups -OCH3 is 2. The molecule has 2 bridgehead atoms. The third-order valence-electron chi connectivity index (χ3n) is 5.91. The molecule has 1 saturated heterocycles. The van der Waals surface area contributed by atoms with Crippen molar-refractivity contribution in [3.8, 4) is 17.2 Å². The first kappa shape index (κ1) is 16.0. The van der Waals surface area contributed by atoms with E-state index in [1.54, 1.807) is 14.2 Å². The number of rotatable bonds is 3. The van der Waals surface area contributed by atoms with E-state index in [-0.39, 0.29) is 18.8 Å². The molecule has 6 nitrogen and oxygen atoms in total. The topological polar surface area (TPSA) is 60.4 Å². The summed E-state index contributed by atoms with van der Waals surface area (Å²) in [5, 5.41) is 11.7. The Morgan fingerprint density at radius 2 is 2.08 bits per heavy atom. The van der Waals surface area contributed by atoms with E-state index in [1.807, 2.05) is 12.1 Å². The molecule has 4 unspecified atom stereocenters. The summed E-state index contributed by atoms with van der Waals surface area (Å²) in [7, 11) is 5.46. The molecule has 4 atom stereocenters. The fourth-order valence-corrected chi connectivity index (χ4v) is 4.73. The van der Waals surface area contributed by atoms with E-state index < -0.39 is 5.60 Å². The van der Waals surface area contributed by atoms with E-state index in [0.29, 0.717) is 24.1 Å². The van der Waals surface area contributed by atoms with Gasteiger partial charge in [-0.1, -0.05) is 0 Å². The summed E-state index contributed by atoms with van der Waals surface area (Å²) in [5.74, 6) is 2.12. The minimum atomic E-state index is -0.974. The van der Waals surface area contributed by atoms with Crippen molar-refractivity contribution in [2.45, 2.75) is 37.0 Å². The predicted octanol–water partition coefficient (Wildman–Crippen LogP) is 1.74. The van der Waals surface area contributed by atoms with Gasteiger partial charge in [0.05, 0.1) is 13.2 Å². The number of nitrogens with zero attached hydrogens (tertiary/aromatic N) is 1. The molecule has 1 aromatic rings. The van der Waals surface area contributed by atoms with Crippen LogP contribution in [0.2, 0.25) is 0 Å². The first-order valence-corrected chi connectivity index (χ1v) is 8.50. The molecule has 0 radical (unpaired) electrons. The second-order valence-corrected chi connectivity index (χ2v) is 7.09. The quantitative estimate of drug-likeness (QED) is 0.908. The maximum atomic E-state index is 11.7. The third-order valence-corrected chi connectivity index (χ3v) is 5.91. The van der Waals surface area contributed by atoms with Crippen molar-refractivity contribution in [2.75, 3.05) is 34.6 Å². The van der Waals surface area contributed by atoms with Gasteiger partial charge in [-0.05, 0) is 32.4 Å². The number of likely N-dealkylation sites (N-methyl/N-ethyl adjacent to an activating group) is 1. The Labute approximate surface area is 142 Å². The highest BCUT2D eigenvalue weighted by molar-refractivity contribution is 5.55. The van der Waals surface area contributed by atoms with Gasteiger partial charge in [0.1, 0.15) is 11.4 Å². The SMILES string of the molecule is COc1c2cc(cc1C1(O)CN(C)C3CC(OC)CCC31)OCO2. The van der Waals surface area contributed by atoms with Crippen molar-refractivity contribution in [1.82, 2.24) is 4.90 Å². The molecule has 6 heteroatoms. The van der Waals surface area contributed by atoms with Crippen LogP contribution in [-0.4, -0.2) is 56.8 Å². The van der Waals surface area contributed by atoms with Gasteiger partial charge < -0.3 is 24.1 Å². The second kappa shape index (κ2) is 5.79. The summed E-state index contributed by atoms with van der Waals surface area (Å²) in [6.45, 7) is 0.746. The van der Waals surface area contributed by atoms with Crippen LogP contribution < -0.4 is 14.2 Å². The lowest BCUT2D eigenvalue weighted by molar-refractivity contribution is -0.0311. The Hall–Kier alpha value is -1.50. The molecule has 1 N–H and O–H groups in total. The van der Waals surface area contributed by atoms with Gasteiger partial charge in [-0.2, -0.15) is 0 Å². The van der Waals surface area contributed by atoms with Crippen LogP contribution in [0.4, 0.5) is 0 Å². The van der Waals surface area contributed by atoms with Crippen molar-refractivity contribution >= 4 is 0 Å². The number of β-amino-alcohol motifs (C(OH)–C–C–N with tert-alkyl or cyclic N) is 1. The van der Waals surface area contributed by atoms with Crippen LogP contribution in [0.5, 0.6) is 17.2 Å². The number of ether oxygens (including phenoxy) is 4.